The van der Waals surface area contributed by atoms with Gasteiger partial charge in [-0.15, -0.1) is 0 Å². The number of hydrogen-bond donors (Lipinski definition) is 4. The summed E-state index contributed by atoms with van der Waals surface area (Å²) in [4.78, 5) is 21.7. The van der Waals surface area contributed by atoms with Crippen LogP contribution >= 0.6 is 34.2 Å². The summed E-state index contributed by atoms with van der Waals surface area (Å²) in [6, 6.07) is 4.41. The molecule has 1 atom stereocenters. The van der Waals surface area contributed by atoms with Crippen molar-refractivity contribution in [2.75, 3.05) is 11.9 Å². The number of amides is 2. The fourth-order valence-electron chi connectivity index (χ4n) is 1.03. The second-order valence-electron chi connectivity index (χ2n) is 3.31. The molecule has 0 unspecified atom stereocenters. The molecular weight excluding hydrogens is 374 g/mol. The van der Waals surface area contributed by atoms with Gasteiger partial charge in [0.25, 0.3) is 0 Å². The van der Waals surface area contributed by atoms with Gasteiger partial charge in [0.05, 0.1) is 17.3 Å². The zero-order chi connectivity index (χ0) is 13.7. The quantitative estimate of drug-likeness (QED) is 0.592. The minimum atomic E-state index is -1.64. The van der Waals surface area contributed by atoms with E-state index in [2.05, 4.69) is 33.2 Å². The molecule has 0 aromatic heterocycles. The van der Waals surface area contributed by atoms with Gasteiger partial charge in [-0.1, -0.05) is 11.6 Å². The highest BCUT2D eigenvalue weighted by Gasteiger charge is 2.14. The number of carboxylic acid groups (broad SMARTS) is 1. The topological polar surface area (TPSA) is 98.7 Å². The van der Waals surface area contributed by atoms with Crippen LogP contribution in [0.4, 0.5) is 10.5 Å². The lowest BCUT2D eigenvalue weighted by molar-refractivity contribution is -0.146. The van der Waals surface area contributed by atoms with E-state index in [1.165, 1.54) is 0 Å². The van der Waals surface area contributed by atoms with Crippen molar-refractivity contribution in [1.29, 1.82) is 0 Å². The molecule has 8 heteroatoms. The van der Waals surface area contributed by atoms with E-state index in [1.54, 1.807) is 18.2 Å². The van der Waals surface area contributed by atoms with Gasteiger partial charge in [-0.3, -0.25) is 0 Å². The molecule has 0 bridgehead atoms. The van der Waals surface area contributed by atoms with Crippen molar-refractivity contribution < 1.29 is 19.8 Å². The molecule has 1 rings (SSSR count). The number of carbonyl (C=O) groups excluding carboxylic acids is 1. The van der Waals surface area contributed by atoms with Crippen LogP contribution in [0.25, 0.3) is 0 Å². The Balaban J connectivity index is 2.52. The lowest BCUT2D eigenvalue weighted by Crippen LogP contribution is -2.38. The summed E-state index contributed by atoms with van der Waals surface area (Å²) in [5.74, 6) is -1.40. The number of aliphatic carboxylic acids is 1. The van der Waals surface area contributed by atoms with E-state index < -0.39 is 18.1 Å². The van der Waals surface area contributed by atoms with Crippen LogP contribution in [0.15, 0.2) is 18.2 Å². The normalized spacial score (nSPS) is 11.7. The van der Waals surface area contributed by atoms with Crippen molar-refractivity contribution in [2.24, 2.45) is 0 Å². The molecule has 98 valence electrons. The summed E-state index contributed by atoms with van der Waals surface area (Å²) in [6.07, 6.45) is -1.64. The molecule has 0 fully saturated rings. The third-order valence-corrected chi connectivity index (χ3v) is 2.90. The maximum atomic E-state index is 11.4. The number of aliphatic hydroxyl groups excluding tert-OH is 1. The number of aliphatic hydroxyl groups is 1. The van der Waals surface area contributed by atoms with Crippen LogP contribution in [0, 0.1) is 3.57 Å². The third-order valence-electron chi connectivity index (χ3n) is 1.92. The van der Waals surface area contributed by atoms with Crippen LogP contribution in [-0.2, 0) is 4.79 Å². The average Bonchev–Trinajstić information content (AvgIpc) is 2.29. The minimum Gasteiger partial charge on any atom is -0.479 e. The fraction of sp³-hybridized carbons (Fsp3) is 0.200. The zero-order valence-corrected chi connectivity index (χ0v) is 11.9. The van der Waals surface area contributed by atoms with Crippen LogP contribution in [0.3, 0.4) is 0 Å². The molecule has 1 aromatic rings. The Morgan fingerprint density at radius 2 is 2.11 bits per heavy atom. The van der Waals surface area contributed by atoms with Crippen LogP contribution in [0.2, 0.25) is 5.02 Å². The molecule has 1 aromatic carbocycles. The van der Waals surface area contributed by atoms with Gasteiger partial charge in [0.2, 0.25) is 0 Å². The molecular formula is C10H10ClIN2O4. The largest absolute Gasteiger partial charge is 0.479 e. The highest BCUT2D eigenvalue weighted by atomic mass is 127. The smallest absolute Gasteiger partial charge is 0.334 e. The van der Waals surface area contributed by atoms with Crippen LogP contribution in [-0.4, -0.2) is 34.9 Å². The summed E-state index contributed by atoms with van der Waals surface area (Å²) in [5.41, 5.74) is 0.402. The molecule has 18 heavy (non-hydrogen) atoms. The van der Waals surface area contributed by atoms with E-state index in [9.17, 15) is 9.59 Å². The first kappa shape index (κ1) is 15.0. The second kappa shape index (κ2) is 6.76. The maximum Gasteiger partial charge on any atom is 0.334 e. The fourth-order valence-corrected chi connectivity index (χ4v) is 1.94. The molecule has 0 radical (unpaired) electrons. The van der Waals surface area contributed by atoms with Crippen molar-refractivity contribution in [3.8, 4) is 0 Å². The van der Waals surface area contributed by atoms with E-state index in [0.717, 1.165) is 3.57 Å². The Kier molecular flexibility index (Phi) is 5.63. The summed E-state index contributed by atoms with van der Waals surface area (Å²) in [5, 5.41) is 22.4. The van der Waals surface area contributed by atoms with Gasteiger partial charge < -0.3 is 20.8 Å². The lowest BCUT2D eigenvalue weighted by atomic mass is 10.3. The predicted molar refractivity (Wildman–Crippen MR) is 74.8 cm³/mol. The summed E-state index contributed by atoms with van der Waals surface area (Å²) in [7, 11) is 0. The zero-order valence-electron chi connectivity index (χ0n) is 8.98. The predicted octanol–water partition coefficient (Wildman–Crippen LogP) is 1.51. The molecule has 0 saturated carbocycles. The summed E-state index contributed by atoms with van der Waals surface area (Å²) >= 11 is 7.97. The van der Waals surface area contributed by atoms with Gasteiger partial charge in [-0.25, -0.2) is 9.59 Å². The van der Waals surface area contributed by atoms with Gasteiger partial charge in [0, 0.05) is 3.57 Å². The maximum absolute atomic E-state index is 11.4. The number of benzene rings is 1. The molecule has 0 aliphatic rings. The van der Waals surface area contributed by atoms with Gasteiger partial charge >= 0.3 is 12.0 Å². The molecule has 2 amide bonds. The molecule has 0 aliphatic heterocycles. The Morgan fingerprint density at radius 1 is 1.44 bits per heavy atom. The number of nitrogens with one attached hydrogen (secondary N) is 2. The molecule has 0 aliphatic carbocycles. The van der Waals surface area contributed by atoms with E-state index in [4.69, 9.17) is 21.8 Å². The Bertz CT molecular complexity index is 469. The number of halogens is 2. The molecule has 0 saturated heterocycles. The second-order valence-corrected chi connectivity index (χ2v) is 4.97. The van der Waals surface area contributed by atoms with Crippen molar-refractivity contribution in [2.45, 2.75) is 6.10 Å². The van der Waals surface area contributed by atoms with Gasteiger partial charge in [-0.2, -0.15) is 0 Å². The number of urea groups is 1. The number of rotatable bonds is 4. The molecule has 6 nitrogen and oxygen atoms in total. The van der Waals surface area contributed by atoms with Crippen molar-refractivity contribution in [3.63, 3.8) is 0 Å². The summed E-state index contributed by atoms with van der Waals surface area (Å²) < 4.78 is 0.921. The van der Waals surface area contributed by atoms with Crippen molar-refractivity contribution >= 4 is 51.9 Å². The van der Waals surface area contributed by atoms with E-state index >= 15 is 0 Å². The number of anilines is 1. The van der Waals surface area contributed by atoms with E-state index in [1.807, 2.05) is 0 Å². The molecule has 4 N–H and O–H groups in total. The van der Waals surface area contributed by atoms with E-state index in [0.29, 0.717) is 10.7 Å². The highest BCUT2D eigenvalue weighted by molar-refractivity contribution is 14.1. The van der Waals surface area contributed by atoms with E-state index in [-0.39, 0.29) is 6.54 Å². The number of hydrogen-bond acceptors (Lipinski definition) is 3. The van der Waals surface area contributed by atoms with Gasteiger partial charge in [0.1, 0.15) is 0 Å². The molecule has 0 heterocycles. The molecule has 0 spiro atoms. The van der Waals surface area contributed by atoms with Gasteiger partial charge in [0.15, 0.2) is 6.10 Å². The summed E-state index contributed by atoms with van der Waals surface area (Å²) in [6.45, 7) is -0.386. The Hall–Kier alpha value is -1.06. The Morgan fingerprint density at radius 3 is 2.67 bits per heavy atom. The lowest BCUT2D eigenvalue weighted by Gasteiger charge is -2.10. The third kappa shape index (κ3) is 4.67. The van der Waals surface area contributed by atoms with Crippen LogP contribution in [0.5, 0.6) is 0 Å². The number of carboxylic acids is 1. The van der Waals surface area contributed by atoms with Crippen LogP contribution in [0.1, 0.15) is 0 Å². The van der Waals surface area contributed by atoms with Crippen LogP contribution < -0.4 is 10.6 Å². The standard InChI is InChI=1S/C10H10ClIN2O4/c11-6-3-5(12)1-2-7(6)14-10(18)13-4-8(15)9(16)17/h1-3,8,15H,4H2,(H,16,17)(H2,13,14,18)/t8-/m0/s1. The average molecular weight is 385 g/mol. The first-order chi connectivity index (χ1) is 8.40. The van der Waals surface area contributed by atoms with Gasteiger partial charge in [-0.05, 0) is 40.8 Å². The monoisotopic (exact) mass is 384 g/mol. The number of carbonyl (C=O) groups is 2. The highest BCUT2D eigenvalue weighted by Crippen LogP contribution is 2.23. The minimum absolute atomic E-state index is 0.371. The SMILES string of the molecule is O=C(NC[C@H](O)C(=O)O)Nc1ccc(I)cc1Cl. The van der Waals surface area contributed by atoms with Crippen molar-refractivity contribution in [3.05, 3.63) is 26.8 Å². The first-order valence-electron chi connectivity index (χ1n) is 4.81. The van der Waals surface area contributed by atoms with Crippen molar-refractivity contribution in [1.82, 2.24) is 5.32 Å². The Labute approximate surface area is 121 Å². The first-order valence-corrected chi connectivity index (χ1v) is 6.26.